The minimum atomic E-state index is -0.0393. The van der Waals surface area contributed by atoms with Crippen molar-refractivity contribution in [1.29, 1.82) is 0 Å². The van der Waals surface area contributed by atoms with E-state index < -0.39 is 0 Å². The average Bonchev–Trinajstić information content (AvgIpc) is 2.62. The molecule has 0 spiro atoms. The SMILES string of the molecule is [N-]=[N+]=NC1CN(C(=O)c2ccsc2)C1. The Morgan fingerprint density at radius 3 is 3.07 bits per heavy atom. The van der Waals surface area contributed by atoms with E-state index in [-0.39, 0.29) is 11.9 Å². The summed E-state index contributed by atoms with van der Waals surface area (Å²) in [5, 5.41) is 7.23. The molecule has 72 valence electrons. The van der Waals surface area contributed by atoms with Gasteiger partial charge in [0.25, 0.3) is 5.91 Å². The molecular weight excluding hydrogens is 200 g/mol. The van der Waals surface area contributed by atoms with Gasteiger partial charge in [-0.05, 0) is 17.0 Å². The second-order valence-electron chi connectivity index (χ2n) is 3.08. The third-order valence-electron chi connectivity index (χ3n) is 2.13. The maximum absolute atomic E-state index is 11.6. The van der Waals surface area contributed by atoms with Gasteiger partial charge in [0.15, 0.2) is 0 Å². The van der Waals surface area contributed by atoms with Crippen LogP contribution < -0.4 is 0 Å². The molecule has 1 saturated heterocycles. The summed E-state index contributed by atoms with van der Waals surface area (Å²) in [5.41, 5.74) is 8.88. The molecule has 6 heteroatoms. The Hall–Kier alpha value is -1.52. The van der Waals surface area contributed by atoms with Gasteiger partial charge in [-0.3, -0.25) is 4.79 Å². The van der Waals surface area contributed by atoms with E-state index in [0.29, 0.717) is 13.1 Å². The van der Waals surface area contributed by atoms with Crippen molar-refractivity contribution < 1.29 is 4.79 Å². The van der Waals surface area contributed by atoms with Gasteiger partial charge in [-0.1, -0.05) is 5.11 Å². The van der Waals surface area contributed by atoms with Crippen molar-refractivity contribution in [3.63, 3.8) is 0 Å². The first-order valence-corrected chi connectivity index (χ1v) is 5.11. The molecule has 0 radical (unpaired) electrons. The maximum atomic E-state index is 11.6. The summed E-state index contributed by atoms with van der Waals surface area (Å²) in [6, 6.07) is 1.76. The van der Waals surface area contributed by atoms with Crippen molar-refractivity contribution in [2.75, 3.05) is 13.1 Å². The van der Waals surface area contributed by atoms with Crippen LogP contribution in [0.5, 0.6) is 0 Å². The molecule has 1 amide bonds. The van der Waals surface area contributed by atoms with Gasteiger partial charge in [-0.2, -0.15) is 11.3 Å². The van der Waals surface area contributed by atoms with Crippen LogP contribution in [0.15, 0.2) is 21.9 Å². The minimum absolute atomic E-state index is 0.0237. The Labute approximate surface area is 84.6 Å². The number of likely N-dealkylation sites (tertiary alicyclic amines) is 1. The lowest BCUT2D eigenvalue weighted by atomic mass is 10.1. The Kier molecular flexibility index (Phi) is 2.39. The molecule has 2 rings (SSSR count). The molecule has 1 aliphatic heterocycles. The molecule has 14 heavy (non-hydrogen) atoms. The molecular formula is C8H8N4OS. The van der Waals surface area contributed by atoms with Gasteiger partial charge in [-0.25, -0.2) is 0 Å². The van der Waals surface area contributed by atoms with Gasteiger partial charge in [0.05, 0.1) is 11.6 Å². The first-order chi connectivity index (χ1) is 6.81. The number of rotatable bonds is 2. The Balaban J connectivity index is 1.94. The molecule has 0 N–H and O–H groups in total. The lowest BCUT2D eigenvalue weighted by Crippen LogP contribution is -2.52. The summed E-state index contributed by atoms with van der Waals surface area (Å²) in [5.74, 6) is 0.0237. The van der Waals surface area contributed by atoms with Crippen molar-refractivity contribution in [2.24, 2.45) is 5.11 Å². The minimum Gasteiger partial charge on any atom is -0.338 e. The summed E-state index contributed by atoms with van der Waals surface area (Å²) in [4.78, 5) is 16.0. The topological polar surface area (TPSA) is 69.1 Å². The normalized spacial score (nSPS) is 15.9. The quantitative estimate of drug-likeness (QED) is 0.415. The van der Waals surface area contributed by atoms with Crippen LogP contribution >= 0.6 is 11.3 Å². The van der Waals surface area contributed by atoms with Crippen molar-refractivity contribution in [2.45, 2.75) is 6.04 Å². The fourth-order valence-electron chi connectivity index (χ4n) is 1.34. The lowest BCUT2D eigenvalue weighted by Gasteiger charge is -2.36. The molecule has 0 saturated carbocycles. The van der Waals surface area contributed by atoms with Crippen molar-refractivity contribution in [3.8, 4) is 0 Å². The van der Waals surface area contributed by atoms with Gasteiger partial charge in [0.2, 0.25) is 0 Å². The van der Waals surface area contributed by atoms with Crippen LogP contribution in [0.2, 0.25) is 0 Å². The smallest absolute Gasteiger partial charge is 0.254 e. The zero-order chi connectivity index (χ0) is 9.97. The van der Waals surface area contributed by atoms with Crippen LogP contribution in [0.3, 0.4) is 0 Å². The van der Waals surface area contributed by atoms with E-state index in [1.54, 1.807) is 11.0 Å². The molecule has 5 nitrogen and oxygen atoms in total. The van der Waals surface area contributed by atoms with Gasteiger partial charge in [0.1, 0.15) is 0 Å². The van der Waals surface area contributed by atoms with Crippen LogP contribution in [0.1, 0.15) is 10.4 Å². The van der Waals surface area contributed by atoms with Crippen LogP contribution in [-0.2, 0) is 0 Å². The molecule has 1 fully saturated rings. The number of hydrogen-bond donors (Lipinski definition) is 0. The number of carbonyl (C=O) groups is 1. The number of thiophene rings is 1. The van der Waals surface area contributed by atoms with E-state index in [1.807, 2.05) is 10.8 Å². The van der Waals surface area contributed by atoms with Crippen molar-refractivity contribution >= 4 is 17.2 Å². The van der Waals surface area contributed by atoms with Crippen molar-refractivity contribution in [1.82, 2.24) is 4.90 Å². The molecule has 1 aromatic rings. The maximum Gasteiger partial charge on any atom is 0.254 e. The van der Waals surface area contributed by atoms with Crippen LogP contribution in [0.4, 0.5) is 0 Å². The third-order valence-corrected chi connectivity index (χ3v) is 2.82. The van der Waals surface area contributed by atoms with Crippen LogP contribution in [-0.4, -0.2) is 29.9 Å². The molecule has 0 aliphatic carbocycles. The van der Waals surface area contributed by atoms with E-state index in [2.05, 4.69) is 10.0 Å². The molecule has 0 aromatic carbocycles. The van der Waals surface area contributed by atoms with Crippen molar-refractivity contribution in [3.05, 3.63) is 32.8 Å². The van der Waals surface area contributed by atoms with E-state index in [1.165, 1.54) is 11.3 Å². The molecule has 1 aromatic heterocycles. The van der Waals surface area contributed by atoms with Crippen LogP contribution in [0.25, 0.3) is 10.4 Å². The Morgan fingerprint density at radius 2 is 2.50 bits per heavy atom. The summed E-state index contributed by atoms with van der Waals surface area (Å²) in [6.07, 6.45) is 0. The number of hydrogen-bond acceptors (Lipinski definition) is 3. The van der Waals surface area contributed by atoms with Gasteiger partial charge >= 0.3 is 0 Å². The van der Waals surface area contributed by atoms with Gasteiger partial charge < -0.3 is 4.90 Å². The fraction of sp³-hybridized carbons (Fsp3) is 0.375. The third kappa shape index (κ3) is 1.57. The summed E-state index contributed by atoms with van der Waals surface area (Å²) in [6.45, 7) is 1.08. The van der Waals surface area contributed by atoms with Gasteiger partial charge in [-0.15, -0.1) is 0 Å². The first kappa shape index (κ1) is 9.05. The zero-order valence-corrected chi connectivity index (χ0v) is 8.15. The molecule has 2 heterocycles. The van der Waals surface area contributed by atoms with E-state index in [0.717, 1.165) is 5.56 Å². The van der Waals surface area contributed by atoms with E-state index >= 15 is 0 Å². The second kappa shape index (κ2) is 3.69. The molecule has 0 atom stereocenters. The highest BCUT2D eigenvalue weighted by Crippen LogP contribution is 2.17. The van der Waals surface area contributed by atoms with E-state index in [9.17, 15) is 4.79 Å². The molecule has 0 unspecified atom stereocenters. The van der Waals surface area contributed by atoms with Crippen LogP contribution in [0, 0.1) is 0 Å². The predicted octanol–water partition coefficient (Wildman–Crippen LogP) is 1.88. The number of nitrogens with zero attached hydrogens (tertiary/aromatic N) is 4. The Morgan fingerprint density at radius 1 is 1.71 bits per heavy atom. The highest BCUT2D eigenvalue weighted by molar-refractivity contribution is 7.08. The lowest BCUT2D eigenvalue weighted by molar-refractivity contribution is 0.0609. The average molecular weight is 208 g/mol. The highest BCUT2D eigenvalue weighted by Gasteiger charge is 2.30. The number of carbonyl (C=O) groups excluding carboxylic acids is 1. The second-order valence-corrected chi connectivity index (χ2v) is 3.86. The molecule has 1 aliphatic rings. The van der Waals surface area contributed by atoms with Gasteiger partial charge in [0, 0.05) is 23.4 Å². The largest absolute Gasteiger partial charge is 0.338 e. The zero-order valence-electron chi connectivity index (χ0n) is 7.33. The predicted molar refractivity (Wildman–Crippen MR) is 53.2 cm³/mol. The monoisotopic (exact) mass is 208 g/mol. The highest BCUT2D eigenvalue weighted by atomic mass is 32.1. The number of azide groups is 1. The standard InChI is InChI=1S/C8H8N4OS/c9-11-10-7-3-12(4-7)8(13)6-1-2-14-5-6/h1-2,5,7H,3-4H2. The summed E-state index contributed by atoms with van der Waals surface area (Å²) >= 11 is 1.50. The molecule has 0 bridgehead atoms. The Bertz CT molecular complexity index is 376. The summed E-state index contributed by atoms with van der Waals surface area (Å²) < 4.78 is 0. The van der Waals surface area contributed by atoms with E-state index in [4.69, 9.17) is 5.53 Å². The number of amides is 1. The first-order valence-electron chi connectivity index (χ1n) is 4.17. The summed E-state index contributed by atoms with van der Waals surface area (Å²) in [7, 11) is 0. The fourth-order valence-corrected chi connectivity index (χ4v) is 1.97.